The number of hydrogen-bond donors (Lipinski definition) is 1. The molecule has 0 aliphatic rings. The zero-order chi connectivity index (χ0) is 9.68. The average molecular weight is 182 g/mol. The highest BCUT2D eigenvalue weighted by atomic mass is 16.6. The SMILES string of the molecule is [N-]=[N+]=NCCc1cn[nH]c1[N+](=O)[O-]. The number of aromatic nitrogens is 2. The van der Waals surface area contributed by atoms with Crippen LogP contribution in [0.25, 0.3) is 10.4 Å². The first-order chi connectivity index (χ1) is 6.25. The van der Waals surface area contributed by atoms with Gasteiger partial charge < -0.3 is 10.1 Å². The van der Waals surface area contributed by atoms with Crippen LogP contribution in [0, 0.1) is 10.1 Å². The molecule has 1 rings (SSSR count). The van der Waals surface area contributed by atoms with E-state index in [1.54, 1.807) is 0 Å². The Kier molecular flexibility index (Phi) is 2.82. The van der Waals surface area contributed by atoms with E-state index < -0.39 is 4.92 Å². The number of aromatic amines is 1. The van der Waals surface area contributed by atoms with Crippen LogP contribution in [-0.2, 0) is 6.42 Å². The van der Waals surface area contributed by atoms with Crippen LogP contribution < -0.4 is 0 Å². The maximum Gasteiger partial charge on any atom is 0.345 e. The average Bonchev–Trinajstić information content (AvgIpc) is 2.53. The second-order valence-corrected chi connectivity index (χ2v) is 2.21. The summed E-state index contributed by atoms with van der Waals surface area (Å²) in [6.07, 6.45) is 1.67. The van der Waals surface area contributed by atoms with Crippen LogP contribution in [0.5, 0.6) is 0 Å². The van der Waals surface area contributed by atoms with Gasteiger partial charge in [0.05, 0.1) is 11.8 Å². The Morgan fingerprint density at radius 2 is 2.62 bits per heavy atom. The lowest BCUT2D eigenvalue weighted by molar-refractivity contribution is -0.390. The molecule has 0 atom stereocenters. The molecule has 1 aromatic rings. The molecule has 8 heteroatoms. The Morgan fingerprint density at radius 1 is 1.85 bits per heavy atom. The molecule has 0 aliphatic carbocycles. The van der Waals surface area contributed by atoms with E-state index >= 15 is 0 Å². The van der Waals surface area contributed by atoms with Gasteiger partial charge in [-0.05, 0) is 16.9 Å². The molecule has 0 fully saturated rings. The van der Waals surface area contributed by atoms with E-state index in [1.807, 2.05) is 0 Å². The summed E-state index contributed by atoms with van der Waals surface area (Å²) in [7, 11) is 0. The fourth-order valence-electron chi connectivity index (χ4n) is 0.860. The van der Waals surface area contributed by atoms with E-state index in [2.05, 4.69) is 20.2 Å². The van der Waals surface area contributed by atoms with Crippen molar-refractivity contribution in [2.24, 2.45) is 5.11 Å². The topological polar surface area (TPSA) is 121 Å². The standard InChI is InChI=1S/C5H6N6O2/c6-10-7-2-1-4-3-8-9-5(4)11(12)13/h3H,1-2H2,(H,8,9). The fraction of sp³-hybridized carbons (Fsp3) is 0.400. The van der Waals surface area contributed by atoms with E-state index in [4.69, 9.17) is 5.53 Å². The summed E-state index contributed by atoms with van der Waals surface area (Å²) >= 11 is 0. The van der Waals surface area contributed by atoms with Crippen molar-refractivity contribution in [3.63, 3.8) is 0 Å². The highest BCUT2D eigenvalue weighted by molar-refractivity contribution is 5.29. The van der Waals surface area contributed by atoms with Gasteiger partial charge in [0.15, 0.2) is 0 Å². The molecule has 8 nitrogen and oxygen atoms in total. The Morgan fingerprint density at radius 3 is 3.23 bits per heavy atom. The maximum absolute atomic E-state index is 10.3. The molecular weight excluding hydrogens is 176 g/mol. The zero-order valence-electron chi connectivity index (χ0n) is 6.54. The lowest BCUT2D eigenvalue weighted by Crippen LogP contribution is -1.94. The van der Waals surface area contributed by atoms with Crippen LogP contribution in [-0.4, -0.2) is 21.7 Å². The molecule has 13 heavy (non-hydrogen) atoms. The molecule has 0 radical (unpaired) electrons. The second-order valence-electron chi connectivity index (χ2n) is 2.21. The Labute approximate surface area is 72.3 Å². The molecule has 1 heterocycles. The molecule has 0 bridgehead atoms. The molecule has 0 aromatic carbocycles. The number of hydrogen-bond acceptors (Lipinski definition) is 4. The van der Waals surface area contributed by atoms with Crippen molar-refractivity contribution in [1.82, 2.24) is 10.2 Å². The molecule has 1 N–H and O–H groups in total. The van der Waals surface area contributed by atoms with Gasteiger partial charge in [-0.3, -0.25) is 0 Å². The van der Waals surface area contributed by atoms with Crippen LogP contribution in [0.2, 0.25) is 0 Å². The number of nitro groups is 1. The largest absolute Gasteiger partial charge is 0.358 e. The summed E-state index contributed by atoms with van der Waals surface area (Å²) < 4.78 is 0. The molecule has 0 saturated carbocycles. The van der Waals surface area contributed by atoms with Crippen molar-refractivity contribution in [3.8, 4) is 0 Å². The van der Waals surface area contributed by atoms with Crippen molar-refractivity contribution in [2.45, 2.75) is 6.42 Å². The molecule has 0 amide bonds. The van der Waals surface area contributed by atoms with Crippen LogP contribution in [0.3, 0.4) is 0 Å². The third kappa shape index (κ3) is 2.17. The van der Waals surface area contributed by atoms with Crippen LogP contribution in [0.15, 0.2) is 11.3 Å². The van der Waals surface area contributed by atoms with Gasteiger partial charge in [-0.2, -0.15) is 0 Å². The van der Waals surface area contributed by atoms with E-state index in [0.29, 0.717) is 12.0 Å². The number of nitrogens with zero attached hydrogens (tertiary/aromatic N) is 5. The minimum Gasteiger partial charge on any atom is -0.358 e. The van der Waals surface area contributed by atoms with Crippen molar-refractivity contribution in [1.29, 1.82) is 0 Å². The van der Waals surface area contributed by atoms with Gasteiger partial charge in [-0.1, -0.05) is 10.2 Å². The molecule has 68 valence electrons. The first-order valence-electron chi connectivity index (χ1n) is 3.43. The summed E-state index contributed by atoms with van der Waals surface area (Å²) in [5.41, 5.74) is 8.42. The third-order valence-electron chi connectivity index (χ3n) is 1.42. The normalized spacial score (nSPS) is 9.23. The van der Waals surface area contributed by atoms with E-state index in [-0.39, 0.29) is 12.4 Å². The molecule has 0 unspecified atom stereocenters. The van der Waals surface area contributed by atoms with Crippen molar-refractivity contribution < 1.29 is 4.92 Å². The smallest absolute Gasteiger partial charge is 0.345 e. The van der Waals surface area contributed by atoms with Gasteiger partial charge in [-0.25, -0.2) is 0 Å². The number of H-pyrrole nitrogens is 1. The van der Waals surface area contributed by atoms with Crippen molar-refractivity contribution in [2.75, 3.05) is 6.54 Å². The predicted octanol–water partition coefficient (Wildman–Crippen LogP) is 1.17. The van der Waals surface area contributed by atoms with E-state index in [1.165, 1.54) is 6.20 Å². The molecular formula is C5H6N6O2. The second kappa shape index (κ2) is 4.07. The van der Waals surface area contributed by atoms with Gasteiger partial charge in [0.2, 0.25) is 0 Å². The lowest BCUT2D eigenvalue weighted by Gasteiger charge is -1.93. The monoisotopic (exact) mass is 182 g/mol. The van der Waals surface area contributed by atoms with Gasteiger partial charge in [0.25, 0.3) is 0 Å². The molecule has 0 spiro atoms. The quantitative estimate of drug-likeness (QED) is 0.247. The van der Waals surface area contributed by atoms with Gasteiger partial charge >= 0.3 is 5.82 Å². The van der Waals surface area contributed by atoms with Crippen LogP contribution in [0.4, 0.5) is 5.82 Å². The zero-order valence-corrected chi connectivity index (χ0v) is 6.54. The first-order valence-corrected chi connectivity index (χ1v) is 3.43. The minimum atomic E-state index is -0.557. The van der Waals surface area contributed by atoms with Crippen LogP contribution >= 0.6 is 0 Å². The van der Waals surface area contributed by atoms with Gasteiger partial charge in [0.1, 0.15) is 0 Å². The first kappa shape index (κ1) is 9.01. The lowest BCUT2D eigenvalue weighted by atomic mass is 10.2. The minimum absolute atomic E-state index is 0.145. The summed E-state index contributed by atoms with van der Waals surface area (Å²) in [5.74, 6) is -0.145. The van der Waals surface area contributed by atoms with Gasteiger partial charge in [0, 0.05) is 11.5 Å². The Bertz CT molecular complexity index is 352. The summed E-state index contributed by atoms with van der Waals surface area (Å²) in [6.45, 7) is 0.191. The third-order valence-corrected chi connectivity index (χ3v) is 1.42. The Balaban J connectivity index is 2.70. The summed E-state index contributed by atoms with van der Waals surface area (Å²) in [4.78, 5) is 12.3. The van der Waals surface area contributed by atoms with Crippen LogP contribution in [0.1, 0.15) is 5.56 Å². The predicted molar refractivity (Wildman–Crippen MR) is 43.0 cm³/mol. The van der Waals surface area contributed by atoms with Crippen molar-refractivity contribution in [3.05, 3.63) is 32.3 Å². The van der Waals surface area contributed by atoms with E-state index in [0.717, 1.165) is 0 Å². The summed E-state index contributed by atoms with van der Waals surface area (Å²) in [6, 6.07) is 0. The highest BCUT2D eigenvalue weighted by Crippen LogP contribution is 2.13. The highest BCUT2D eigenvalue weighted by Gasteiger charge is 2.13. The molecule has 0 saturated heterocycles. The van der Waals surface area contributed by atoms with E-state index in [9.17, 15) is 10.1 Å². The number of nitrogens with one attached hydrogen (secondary N) is 1. The molecule has 1 aromatic heterocycles. The number of rotatable bonds is 4. The fourth-order valence-corrected chi connectivity index (χ4v) is 0.860. The molecule has 0 aliphatic heterocycles. The number of azide groups is 1. The van der Waals surface area contributed by atoms with Crippen molar-refractivity contribution >= 4 is 5.82 Å². The van der Waals surface area contributed by atoms with Gasteiger partial charge in [-0.15, -0.1) is 5.10 Å². The summed E-state index contributed by atoms with van der Waals surface area (Å²) in [5, 5.41) is 19.4. The Hall–Kier alpha value is -2.08. The maximum atomic E-state index is 10.3.